The van der Waals surface area contributed by atoms with Gasteiger partial charge in [-0.2, -0.15) is 0 Å². The zero-order valence-electron chi connectivity index (χ0n) is 11.1. The molecule has 0 radical (unpaired) electrons. The van der Waals surface area contributed by atoms with Crippen LogP contribution in [0.15, 0.2) is 17.1 Å². The molecule has 1 saturated carbocycles. The van der Waals surface area contributed by atoms with Crippen molar-refractivity contribution in [1.82, 2.24) is 4.57 Å². The molecule has 1 aliphatic carbocycles. The first-order valence-corrected chi connectivity index (χ1v) is 6.83. The Hall–Kier alpha value is -1.62. The van der Waals surface area contributed by atoms with Crippen LogP contribution in [0.4, 0.5) is 5.69 Å². The topological polar surface area (TPSA) is 68.3 Å². The van der Waals surface area contributed by atoms with Crippen molar-refractivity contribution in [2.45, 2.75) is 38.3 Å². The number of likely N-dealkylation sites (N-methyl/N-ethyl adjacent to an activating group) is 1. The van der Waals surface area contributed by atoms with Crippen LogP contribution in [-0.4, -0.2) is 23.6 Å². The molecule has 0 bridgehead atoms. The van der Waals surface area contributed by atoms with Crippen LogP contribution in [0.2, 0.25) is 0 Å². The summed E-state index contributed by atoms with van der Waals surface area (Å²) >= 11 is 0. The van der Waals surface area contributed by atoms with E-state index in [4.69, 9.17) is 5.73 Å². The molecule has 5 nitrogen and oxygen atoms in total. The van der Waals surface area contributed by atoms with E-state index in [0.29, 0.717) is 12.3 Å². The fourth-order valence-corrected chi connectivity index (χ4v) is 2.64. The Labute approximate surface area is 112 Å². The van der Waals surface area contributed by atoms with Gasteiger partial charge in [0.25, 0.3) is 5.56 Å². The number of nitrogens with two attached hydrogens (primary N) is 1. The molecule has 102 valence electrons. The predicted molar refractivity (Wildman–Crippen MR) is 73.1 cm³/mol. The Morgan fingerprint density at radius 3 is 2.74 bits per heavy atom. The monoisotopic (exact) mass is 261 g/mol. The minimum absolute atomic E-state index is 0.0271. The first-order valence-electron chi connectivity index (χ1n) is 6.83. The van der Waals surface area contributed by atoms with Crippen molar-refractivity contribution in [3.63, 3.8) is 0 Å². The van der Waals surface area contributed by atoms with Crippen LogP contribution in [0, 0.1) is 5.92 Å². The smallest absolute Gasteiger partial charge is 0.252 e. The number of carbonyl (C=O) groups is 1. The van der Waals surface area contributed by atoms with Gasteiger partial charge in [0.2, 0.25) is 5.91 Å². The molecule has 2 heterocycles. The molecule has 3 rings (SSSR count). The van der Waals surface area contributed by atoms with E-state index in [0.717, 1.165) is 24.2 Å². The summed E-state index contributed by atoms with van der Waals surface area (Å²) in [7, 11) is 1.69. The number of hydrogen-bond donors (Lipinski definition) is 1. The summed E-state index contributed by atoms with van der Waals surface area (Å²) in [6.45, 7) is 0.801. The molecular formula is C14H19N3O2. The first kappa shape index (κ1) is 12.4. The van der Waals surface area contributed by atoms with Crippen molar-refractivity contribution in [3.8, 4) is 0 Å². The van der Waals surface area contributed by atoms with E-state index < -0.39 is 6.04 Å². The van der Waals surface area contributed by atoms with Crippen LogP contribution in [0.1, 0.15) is 24.8 Å². The van der Waals surface area contributed by atoms with Gasteiger partial charge in [-0.1, -0.05) is 0 Å². The highest BCUT2D eigenvalue weighted by Crippen LogP contribution is 2.31. The lowest BCUT2D eigenvalue weighted by Crippen LogP contribution is -2.41. The summed E-state index contributed by atoms with van der Waals surface area (Å²) in [5.41, 5.74) is 7.57. The third-order valence-electron chi connectivity index (χ3n) is 4.07. The van der Waals surface area contributed by atoms with Crippen LogP contribution in [0.25, 0.3) is 0 Å². The Balaban J connectivity index is 2.00. The Bertz CT molecular complexity index is 575. The molecule has 5 heteroatoms. The molecule has 1 amide bonds. The Morgan fingerprint density at radius 1 is 1.32 bits per heavy atom. The number of nitrogens with zero attached hydrogens (tertiary/aromatic N) is 2. The van der Waals surface area contributed by atoms with Crippen molar-refractivity contribution in [1.29, 1.82) is 0 Å². The second-order valence-corrected chi connectivity index (χ2v) is 5.66. The third kappa shape index (κ3) is 2.30. The lowest BCUT2D eigenvalue weighted by Gasteiger charge is -2.19. The number of amides is 1. The fraction of sp³-hybridized carbons (Fsp3) is 0.571. The summed E-state index contributed by atoms with van der Waals surface area (Å²) in [6.07, 6.45) is 5.73. The number of fused-ring (bicyclic) bond motifs is 1. The van der Waals surface area contributed by atoms with Crippen molar-refractivity contribution >= 4 is 11.6 Å². The molecule has 0 spiro atoms. The number of carbonyl (C=O) groups excluding carboxylic acids is 1. The van der Waals surface area contributed by atoms with E-state index in [9.17, 15) is 9.59 Å². The summed E-state index contributed by atoms with van der Waals surface area (Å²) in [6, 6.07) is 1.11. The van der Waals surface area contributed by atoms with Crippen molar-refractivity contribution in [2.75, 3.05) is 11.9 Å². The molecule has 1 aromatic heterocycles. The lowest BCUT2D eigenvalue weighted by molar-refractivity contribution is -0.119. The van der Waals surface area contributed by atoms with Crippen LogP contribution < -0.4 is 16.2 Å². The normalized spacial score (nSPS) is 23.2. The van der Waals surface area contributed by atoms with E-state index in [1.54, 1.807) is 17.7 Å². The number of anilines is 1. The average Bonchev–Trinajstić information content (AvgIpc) is 3.20. The largest absolute Gasteiger partial charge is 0.320 e. The van der Waals surface area contributed by atoms with E-state index in [-0.39, 0.29) is 11.5 Å². The molecule has 1 aromatic rings. The van der Waals surface area contributed by atoms with Crippen LogP contribution in [-0.2, 0) is 17.8 Å². The number of hydrogen-bond acceptors (Lipinski definition) is 3. The van der Waals surface area contributed by atoms with E-state index >= 15 is 0 Å². The molecule has 2 N–H and O–H groups in total. The molecule has 1 aliphatic heterocycles. The van der Waals surface area contributed by atoms with Gasteiger partial charge in [-0.25, -0.2) is 0 Å². The lowest BCUT2D eigenvalue weighted by atomic mass is 10.1. The molecule has 19 heavy (non-hydrogen) atoms. The van der Waals surface area contributed by atoms with Gasteiger partial charge in [0.15, 0.2) is 0 Å². The van der Waals surface area contributed by atoms with Gasteiger partial charge in [-0.15, -0.1) is 0 Å². The second-order valence-electron chi connectivity index (χ2n) is 5.66. The minimum atomic E-state index is -0.468. The molecule has 0 aromatic carbocycles. The predicted octanol–water partition coefficient (Wildman–Crippen LogP) is 0.495. The molecule has 1 unspecified atom stereocenters. The average molecular weight is 261 g/mol. The maximum absolute atomic E-state index is 12.1. The van der Waals surface area contributed by atoms with E-state index in [1.807, 2.05) is 6.20 Å². The van der Waals surface area contributed by atoms with Gasteiger partial charge in [-0.3, -0.25) is 9.59 Å². The number of pyridine rings is 1. The highest BCUT2D eigenvalue weighted by molar-refractivity contribution is 5.97. The van der Waals surface area contributed by atoms with Crippen LogP contribution >= 0.6 is 0 Å². The number of aryl methyl sites for hydroxylation is 1. The highest BCUT2D eigenvalue weighted by atomic mass is 16.2. The summed E-state index contributed by atoms with van der Waals surface area (Å²) in [5.74, 6) is 0.543. The van der Waals surface area contributed by atoms with Gasteiger partial charge >= 0.3 is 0 Å². The second kappa shape index (κ2) is 4.49. The summed E-state index contributed by atoms with van der Waals surface area (Å²) in [5, 5.41) is 0. The minimum Gasteiger partial charge on any atom is -0.320 e. The maximum Gasteiger partial charge on any atom is 0.252 e. The first-order chi connectivity index (χ1) is 9.06. The SMILES string of the molecule is CN1C(=O)C(N)CCc2cn(CC3CC3)c(=O)cc21. The Kier molecular flexibility index (Phi) is 2.93. The molecule has 2 aliphatic rings. The van der Waals surface area contributed by atoms with Gasteiger partial charge < -0.3 is 15.2 Å². The summed E-state index contributed by atoms with van der Waals surface area (Å²) < 4.78 is 1.78. The number of aromatic nitrogens is 1. The summed E-state index contributed by atoms with van der Waals surface area (Å²) in [4.78, 5) is 25.6. The molecule has 1 atom stereocenters. The Morgan fingerprint density at radius 2 is 2.05 bits per heavy atom. The van der Waals surface area contributed by atoms with Gasteiger partial charge in [0.1, 0.15) is 0 Å². The zero-order chi connectivity index (χ0) is 13.6. The van der Waals surface area contributed by atoms with Crippen LogP contribution in [0.3, 0.4) is 0 Å². The molecule has 1 fully saturated rings. The third-order valence-corrected chi connectivity index (χ3v) is 4.07. The van der Waals surface area contributed by atoms with Crippen LogP contribution in [0.5, 0.6) is 0 Å². The number of rotatable bonds is 2. The quantitative estimate of drug-likeness (QED) is 0.842. The maximum atomic E-state index is 12.1. The van der Waals surface area contributed by atoms with E-state index in [1.165, 1.54) is 17.7 Å². The van der Waals surface area contributed by atoms with Gasteiger partial charge in [0.05, 0.1) is 11.7 Å². The fourth-order valence-electron chi connectivity index (χ4n) is 2.64. The molecule has 0 saturated heterocycles. The van der Waals surface area contributed by atoms with E-state index in [2.05, 4.69) is 0 Å². The van der Waals surface area contributed by atoms with Crippen molar-refractivity contribution < 1.29 is 4.79 Å². The van der Waals surface area contributed by atoms with Gasteiger partial charge in [0, 0.05) is 25.9 Å². The standard InChI is InChI=1S/C14H19N3O2/c1-16-12-6-13(18)17(7-9-2-3-9)8-10(12)4-5-11(15)14(16)19/h6,8-9,11H,2-5,7,15H2,1H3. The van der Waals surface area contributed by atoms with Crippen molar-refractivity contribution in [2.24, 2.45) is 11.7 Å². The highest BCUT2D eigenvalue weighted by Gasteiger charge is 2.27. The van der Waals surface area contributed by atoms with Gasteiger partial charge in [-0.05, 0) is 37.2 Å². The molecular weight excluding hydrogens is 242 g/mol. The zero-order valence-corrected chi connectivity index (χ0v) is 11.1. The van der Waals surface area contributed by atoms with Crippen molar-refractivity contribution in [3.05, 3.63) is 28.2 Å².